The molecule has 33 heavy (non-hydrogen) atoms. The highest BCUT2D eigenvalue weighted by atomic mass is 32.1. The zero-order chi connectivity index (χ0) is 23.1. The predicted octanol–water partition coefficient (Wildman–Crippen LogP) is 4.29. The third kappa shape index (κ3) is 3.86. The molecule has 172 valence electrons. The molecule has 2 aliphatic rings. The summed E-state index contributed by atoms with van der Waals surface area (Å²) in [6, 6.07) is 5.43. The molecule has 0 atom stereocenters. The molecule has 4 heterocycles. The van der Waals surface area contributed by atoms with Gasteiger partial charge in [0.15, 0.2) is 0 Å². The van der Waals surface area contributed by atoms with Gasteiger partial charge in [-0.05, 0) is 62.8 Å². The van der Waals surface area contributed by atoms with Gasteiger partial charge in [-0.1, -0.05) is 12.5 Å². The van der Waals surface area contributed by atoms with E-state index < -0.39 is 0 Å². The van der Waals surface area contributed by atoms with Crippen LogP contribution in [0, 0.1) is 13.8 Å². The first-order valence-corrected chi connectivity index (χ1v) is 12.5. The van der Waals surface area contributed by atoms with E-state index in [1.54, 1.807) is 10.6 Å². The summed E-state index contributed by atoms with van der Waals surface area (Å²) in [6.07, 6.45) is 5.96. The second kappa shape index (κ2) is 8.74. The summed E-state index contributed by atoms with van der Waals surface area (Å²) >= 11 is 1.27. The number of thiophene rings is 1. The first-order valence-electron chi connectivity index (χ1n) is 11.7. The zero-order valence-electron chi connectivity index (χ0n) is 19.1. The van der Waals surface area contributed by atoms with Crippen molar-refractivity contribution in [3.05, 3.63) is 55.9 Å². The van der Waals surface area contributed by atoms with Gasteiger partial charge >= 0.3 is 0 Å². The monoisotopic (exact) mass is 464 g/mol. The molecule has 5 rings (SSSR count). The van der Waals surface area contributed by atoms with Gasteiger partial charge in [0.05, 0.1) is 10.3 Å². The van der Waals surface area contributed by atoms with Gasteiger partial charge < -0.3 is 10.2 Å². The molecular formula is C25H28N4O3S. The summed E-state index contributed by atoms with van der Waals surface area (Å²) in [4.78, 5) is 47.1. The van der Waals surface area contributed by atoms with Gasteiger partial charge in [-0.2, -0.15) is 0 Å². The Hall–Kier alpha value is -3.00. The third-order valence-electron chi connectivity index (χ3n) is 6.82. The number of fused-ring (bicyclic) bond motifs is 2. The lowest BCUT2D eigenvalue weighted by Crippen LogP contribution is -2.28. The minimum Gasteiger partial charge on any atom is -0.339 e. The number of nitrogens with zero attached hydrogens (tertiary/aromatic N) is 3. The van der Waals surface area contributed by atoms with Crippen LogP contribution in [0.2, 0.25) is 0 Å². The van der Waals surface area contributed by atoms with Crippen LogP contribution in [0.5, 0.6) is 0 Å². The first kappa shape index (κ1) is 21.8. The van der Waals surface area contributed by atoms with Crippen LogP contribution in [0.15, 0.2) is 23.0 Å². The van der Waals surface area contributed by atoms with Crippen LogP contribution in [0.1, 0.15) is 69.1 Å². The average molecular weight is 465 g/mol. The van der Waals surface area contributed by atoms with Gasteiger partial charge in [-0.25, -0.2) is 4.98 Å². The summed E-state index contributed by atoms with van der Waals surface area (Å²) in [6.45, 7) is 5.93. The van der Waals surface area contributed by atoms with Crippen molar-refractivity contribution >= 4 is 39.1 Å². The lowest BCUT2D eigenvalue weighted by Gasteiger charge is -2.18. The molecule has 1 fully saturated rings. The quantitative estimate of drug-likeness (QED) is 0.627. The predicted molar refractivity (Wildman–Crippen MR) is 130 cm³/mol. The highest BCUT2D eigenvalue weighted by Crippen LogP contribution is 2.30. The first-order chi connectivity index (χ1) is 16.0. The number of benzene rings is 1. The Morgan fingerprint density at radius 3 is 2.55 bits per heavy atom. The SMILES string of the molecule is Cc1c(NC(=O)c2sc3nc4n(c(=O)c3c2C)CCCCC4)cccc1C(=O)N1CCCC1. The highest BCUT2D eigenvalue weighted by molar-refractivity contribution is 7.20. The Kier molecular flexibility index (Phi) is 5.78. The van der Waals surface area contributed by atoms with Crippen LogP contribution in [0.4, 0.5) is 5.69 Å². The molecule has 1 aromatic carbocycles. The number of aromatic nitrogens is 2. The van der Waals surface area contributed by atoms with Crippen molar-refractivity contribution in [3.63, 3.8) is 0 Å². The molecule has 7 nitrogen and oxygen atoms in total. The highest BCUT2D eigenvalue weighted by Gasteiger charge is 2.24. The molecule has 0 spiro atoms. The Bertz CT molecular complexity index is 1320. The van der Waals surface area contributed by atoms with Crippen LogP contribution in [-0.4, -0.2) is 39.4 Å². The second-order valence-electron chi connectivity index (χ2n) is 8.96. The number of hydrogen-bond acceptors (Lipinski definition) is 5. The summed E-state index contributed by atoms with van der Waals surface area (Å²) in [7, 11) is 0. The van der Waals surface area contributed by atoms with E-state index in [1.807, 2.05) is 30.9 Å². The van der Waals surface area contributed by atoms with Gasteiger partial charge in [0.25, 0.3) is 17.4 Å². The second-order valence-corrected chi connectivity index (χ2v) is 9.96. The molecule has 3 aromatic rings. The van der Waals surface area contributed by atoms with E-state index in [4.69, 9.17) is 4.98 Å². The van der Waals surface area contributed by atoms with Crippen LogP contribution in [-0.2, 0) is 13.0 Å². The van der Waals surface area contributed by atoms with Crippen molar-refractivity contribution in [2.24, 2.45) is 0 Å². The Morgan fingerprint density at radius 1 is 1.00 bits per heavy atom. The molecule has 0 saturated carbocycles. The largest absolute Gasteiger partial charge is 0.339 e. The molecule has 2 amide bonds. The summed E-state index contributed by atoms with van der Waals surface area (Å²) < 4.78 is 1.79. The van der Waals surface area contributed by atoms with E-state index in [0.717, 1.165) is 63.0 Å². The number of nitrogens with one attached hydrogen (secondary N) is 1. The molecule has 0 unspecified atom stereocenters. The number of rotatable bonds is 3. The Balaban J connectivity index is 1.47. The Morgan fingerprint density at radius 2 is 1.76 bits per heavy atom. The fourth-order valence-corrected chi connectivity index (χ4v) is 5.98. The van der Waals surface area contributed by atoms with E-state index in [-0.39, 0.29) is 17.4 Å². The van der Waals surface area contributed by atoms with Crippen molar-refractivity contribution in [2.75, 3.05) is 18.4 Å². The standard InChI is InChI=1S/C25H28N4O3S/c1-15-17(24(31)28-12-6-7-13-28)9-8-10-18(15)26-22(30)21-16(2)20-23(33-21)27-19-11-4-3-5-14-29(19)25(20)32/h8-10H,3-7,11-14H2,1-2H3,(H,26,30). The number of likely N-dealkylation sites (tertiary alicyclic amines) is 1. The zero-order valence-corrected chi connectivity index (χ0v) is 19.9. The van der Waals surface area contributed by atoms with Crippen molar-refractivity contribution < 1.29 is 9.59 Å². The number of hydrogen-bond donors (Lipinski definition) is 1. The number of carbonyl (C=O) groups excluding carboxylic acids is 2. The van der Waals surface area contributed by atoms with Crippen molar-refractivity contribution in [2.45, 2.75) is 58.9 Å². The number of carbonyl (C=O) groups is 2. The fraction of sp³-hybridized carbons (Fsp3) is 0.440. The van der Waals surface area contributed by atoms with Crippen molar-refractivity contribution in [1.29, 1.82) is 0 Å². The molecule has 0 aliphatic carbocycles. The van der Waals surface area contributed by atoms with Gasteiger partial charge in [0, 0.05) is 37.3 Å². The van der Waals surface area contributed by atoms with E-state index in [2.05, 4.69) is 5.32 Å². The molecule has 2 aromatic heterocycles. The van der Waals surface area contributed by atoms with Gasteiger partial charge in [-0.15, -0.1) is 11.3 Å². The maximum Gasteiger partial charge on any atom is 0.266 e. The number of amides is 2. The fourth-order valence-electron chi connectivity index (χ4n) is 4.90. The molecule has 0 radical (unpaired) electrons. The minimum atomic E-state index is -0.274. The third-order valence-corrected chi connectivity index (χ3v) is 8.01. The van der Waals surface area contributed by atoms with Crippen LogP contribution < -0.4 is 10.9 Å². The summed E-state index contributed by atoms with van der Waals surface area (Å²) in [5.41, 5.74) is 2.62. The van der Waals surface area contributed by atoms with Crippen LogP contribution in [0.3, 0.4) is 0 Å². The number of anilines is 1. The molecule has 1 N–H and O–H groups in total. The maximum absolute atomic E-state index is 13.2. The lowest BCUT2D eigenvalue weighted by atomic mass is 10.1. The van der Waals surface area contributed by atoms with E-state index in [9.17, 15) is 14.4 Å². The summed E-state index contributed by atoms with van der Waals surface area (Å²) in [5, 5.41) is 3.52. The van der Waals surface area contributed by atoms with E-state index >= 15 is 0 Å². The van der Waals surface area contributed by atoms with E-state index in [0.29, 0.717) is 38.5 Å². The van der Waals surface area contributed by atoms with Gasteiger partial charge in [-0.3, -0.25) is 19.0 Å². The van der Waals surface area contributed by atoms with Crippen LogP contribution in [0.25, 0.3) is 10.2 Å². The molecule has 0 bridgehead atoms. The Labute approximate surface area is 196 Å². The van der Waals surface area contributed by atoms with Crippen molar-refractivity contribution in [3.8, 4) is 0 Å². The minimum absolute atomic E-state index is 0.0119. The summed E-state index contributed by atoms with van der Waals surface area (Å²) in [5.74, 6) is 0.559. The van der Waals surface area contributed by atoms with Gasteiger partial charge in [0.2, 0.25) is 0 Å². The number of aryl methyl sites for hydroxylation is 2. The van der Waals surface area contributed by atoms with E-state index in [1.165, 1.54) is 11.3 Å². The molecular weight excluding hydrogens is 436 g/mol. The maximum atomic E-state index is 13.2. The topological polar surface area (TPSA) is 84.3 Å². The lowest BCUT2D eigenvalue weighted by molar-refractivity contribution is 0.0791. The molecule has 1 saturated heterocycles. The molecule has 2 aliphatic heterocycles. The van der Waals surface area contributed by atoms with Crippen molar-refractivity contribution in [1.82, 2.24) is 14.5 Å². The average Bonchev–Trinajstić information content (AvgIpc) is 3.38. The van der Waals surface area contributed by atoms with Crippen LogP contribution >= 0.6 is 11.3 Å². The molecule has 8 heteroatoms. The normalized spacial score (nSPS) is 16.0. The van der Waals surface area contributed by atoms with Gasteiger partial charge in [0.1, 0.15) is 10.7 Å². The smallest absolute Gasteiger partial charge is 0.266 e.